The zero-order valence-corrected chi connectivity index (χ0v) is 17.3. The molecule has 0 aliphatic rings. The Morgan fingerprint density at radius 1 is 0.897 bits per heavy atom. The van der Waals surface area contributed by atoms with E-state index in [4.69, 9.17) is 0 Å². The summed E-state index contributed by atoms with van der Waals surface area (Å²) < 4.78 is 26.0. The summed E-state index contributed by atoms with van der Waals surface area (Å²) in [6.45, 7) is 2.27. The standard InChI is InChI=1S/C23H24N2O3S/c1-3-19-11-7-8-12-22(19)24-23(26)20-13-15-21(16-14-20)25(29(2,27)28)17-18-9-5-4-6-10-18/h4-16H,3,17H2,1-2H3,(H,24,26). The Balaban J connectivity index is 1.81. The minimum Gasteiger partial charge on any atom is -0.322 e. The molecule has 0 saturated heterocycles. The Morgan fingerprint density at radius 3 is 2.14 bits per heavy atom. The highest BCUT2D eigenvalue weighted by molar-refractivity contribution is 7.92. The van der Waals surface area contributed by atoms with Gasteiger partial charge in [0.25, 0.3) is 5.91 Å². The number of amides is 1. The fourth-order valence-electron chi connectivity index (χ4n) is 3.07. The summed E-state index contributed by atoms with van der Waals surface area (Å²) in [4.78, 5) is 12.6. The summed E-state index contributed by atoms with van der Waals surface area (Å²) in [5, 5.41) is 2.93. The normalized spacial score (nSPS) is 11.1. The number of para-hydroxylation sites is 1. The van der Waals surface area contributed by atoms with E-state index in [1.54, 1.807) is 24.3 Å². The Labute approximate surface area is 172 Å². The Kier molecular flexibility index (Phi) is 6.34. The molecule has 0 heterocycles. The highest BCUT2D eigenvalue weighted by atomic mass is 32.2. The van der Waals surface area contributed by atoms with E-state index in [0.29, 0.717) is 11.3 Å². The van der Waals surface area contributed by atoms with Crippen molar-refractivity contribution in [3.05, 3.63) is 95.6 Å². The van der Waals surface area contributed by atoms with Crippen molar-refractivity contribution in [1.82, 2.24) is 0 Å². The third-order valence-electron chi connectivity index (χ3n) is 4.63. The fraction of sp³-hybridized carbons (Fsp3) is 0.174. The van der Waals surface area contributed by atoms with E-state index in [2.05, 4.69) is 5.32 Å². The highest BCUT2D eigenvalue weighted by Gasteiger charge is 2.18. The SMILES string of the molecule is CCc1ccccc1NC(=O)c1ccc(N(Cc2ccccc2)S(C)(=O)=O)cc1. The molecular formula is C23H24N2O3S. The molecule has 0 unspecified atom stereocenters. The molecule has 3 aromatic carbocycles. The van der Waals surface area contributed by atoms with E-state index in [0.717, 1.165) is 23.2 Å². The summed E-state index contributed by atoms with van der Waals surface area (Å²) in [7, 11) is -3.47. The number of aryl methyl sites for hydroxylation is 1. The monoisotopic (exact) mass is 408 g/mol. The number of carbonyl (C=O) groups is 1. The lowest BCUT2D eigenvalue weighted by Crippen LogP contribution is -2.29. The number of benzene rings is 3. The third-order valence-corrected chi connectivity index (χ3v) is 5.77. The van der Waals surface area contributed by atoms with Gasteiger partial charge in [-0.05, 0) is 47.9 Å². The van der Waals surface area contributed by atoms with Crippen molar-refractivity contribution in [3.63, 3.8) is 0 Å². The Bertz CT molecular complexity index is 1080. The second kappa shape index (κ2) is 8.92. The molecule has 5 nitrogen and oxygen atoms in total. The predicted molar refractivity (Wildman–Crippen MR) is 118 cm³/mol. The van der Waals surface area contributed by atoms with Gasteiger partial charge in [-0.25, -0.2) is 8.42 Å². The van der Waals surface area contributed by atoms with Crippen molar-refractivity contribution in [2.45, 2.75) is 19.9 Å². The summed E-state index contributed by atoms with van der Waals surface area (Å²) in [5.74, 6) is -0.230. The maximum atomic E-state index is 12.6. The van der Waals surface area contributed by atoms with Crippen LogP contribution < -0.4 is 9.62 Å². The average Bonchev–Trinajstić information content (AvgIpc) is 2.72. The second-order valence-electron chi connectivity index (χ2n) is 6.77. The van der Waals surface area contributed by atoms with Crippen LogP contribution in [-0.2, 0) is 23.0 Å². The quantitative estimate of drug-likeness (QED) is 0.627. The summed E-state index contributed by atoms with van der Waals surface area (Å²) in [6.07, 6.45) is 2.00. The molecule has 1 amide bonds. The highest BCUT2D eigenvalue weighted by Crippen LogP contribution is 2.22. The predicted octanol–water partition coefficient (Wildman–Crippen LogP) is 4.47. The zero-order chi connectivity index (χ0) is 20.9. The van der Waals surface area contributed by atoms with E-state index in [1.165, 1.54) is 10.6 Å². The van der Waals surface area contributed by atoms with Crippen LogP contribution in [0.3, 0.4) is 0 Å². The number of anilines is 2. The number of rotatable bonds is 7. The lowest BCUT2D eigenvalue weighted by molar-refractivity contribution is 0.102. The van der Waals surface area contributed by atoms with Crippen molar-refractivity contribution in [2.24, 2.45) is 0 Å². The molecule has 1 N–H and O–H groups in total. The minimum absolute atomic E-state index is 0.230. The lowest BCUT2D eigenvalue weighted by Gasteiger charge is -2.22. The fourth-order valence-corrected chi connectivity index (χ4v) is 3.96. The van der Waals surface area contributed by atoms with Crippen molar-refractivity contribution in [1.29, 1.82) is 0 Å². The van der Waals surface area contributed by atoms with Crippen molar-refractivity contribution >= 4 is 27.3 Å². The van der Waals surface area contributed by atoms with Gasteiger partial charge >= 0.3 is 0 Å². The molecule has 0 spiro atoms. The largest absolute Gasteiger partial charge is 0.322 e. The molecule has 0 fully saturated rings. The maximum absolute atomic E-state index is 12.6. The Morgan fingerprint density at radius 2 is 1.52 bits per heavy atom. The van der Waals surface area contributed by atoms with E-state index < -0.39 is 10.0 Å². The Hall–Kier alpha value is -3.12. The van der Waals surface area contributed by atoms with Gasteiger partial charge in [0.1, 0.15) is 0 Å². The van der Waals surface area contributed by atoms with Crippen LogP contribution in [0.25, 0.3) is 0 Å². The first-order chi connectivity index (χ1) is 13.9. The van der Waals surface area contributed by atoms with Crippen LogP contribution in [-0.4, -0.2) is 20.6 Å². The molecule has 0 aliphatic carbocycles. The topological polar surface area (TPSA) is 66.5 Å². The summed E-state index contributed by atoms with van der Waals surface area (Å²) in [5.41, 5.74) is 3.71. The summed E-state index contributed by atoms with van der Waals surface area (Å²) >= 11 is 0. The third kappa shape index (κ3) is 5.23. The van der Waals surface area contributed by atoms with E-state index in [-0.39, 0.29) is 12.5 Å². The van der Waals surface area contributed by atoms with Gasteiger partial charge in [0.15, 0.2) is 0 Å². The van der Waals surface area contributed by atoms with Gasteiger partial charge in [0.2, 0.25) is 10.0 Å². The van der Waals surface area contributed by atoms with Gasteiger partial charge in [-0.15, -0.1) is 0 Å². The minimum atomic E-state index is -3.47. The number of hydrogen-bond acceptors (Lipinski definition) is 3. The number of sulfonamides is 1. The molecule has 0 saturated carbocycles. The van der Waals surface area contributed by atoms with Crippen LogP contribution in [0.5, 0.6) is 0 Å². The van der Waals surface area contributed by atoms with Gasteiger partial charge in [-0.2, -0.15) is 0 Å². The molecule has 0 aromatic heterocycles. The molecule has 3 rings (SSSR count). The van der Waals surface area contributed by atoms with Gasteiger partial charge in [-0.1, -0.05) is 55.5 Å². The lowest BCUT2D eigenvalue weighted by atomic mass is 10.1. The van der Waals surface area contributed by atoms with Crippen molar-refractivity contribution in [3.8, 4) is 0 Å². The first-order valence-corrected chi connectivity index (χ1v) is 11.2. The van der Waals surface area contributed by atoms with Crippen LogP contribution >= 0.6 is 0 Å². The van der Waals surface area contributed by atoms with E-state index >= 15 is 0 Å². The van der Waals surface area contributed by atoms with Crippen LogP contribution in [0, 0.1) is 0 Å². The van der Waals surface area contributed by atoms with Crippen LogP contribution in [0.4, 0.5) is 11.4 Å². The number of carbonyl (C=O) groups excluding carboxylic acids is 1. The maximum Gasteiger partial charge on any atom is 0.255 e. The molecule has 6 heteroatoms. The molecule has 3 aromatic rings. The first kappa shape index (κ1) is 20.6. The second-order valence-corrected chi connectivity index (χ2v) is 8.67. The number of hydrogen-bond donors (Lipinski definition) is 1. The molecule has 0 aliphatic heterocycles. The van der Waals surface area contributed by atoms with Crippen molar-refractivity contribution in [2.75, 3.05) is 15.9 Å². The van der Waals surface area contributed by atoms with Gasteiger partial charge in [0, 0.05) is 11.3 Å². The van der Waals surface area contributed by atoms with E-state index in [1.807, 2.05) is 61.5 Å². The van der Waals surface area contributed by atoms with Gasteiger partial charge in [-0.3, -0.25) is 9.10 Å². The number of nitrogens with zero attached hydrogens (tertiary/aromatic N) is 1. The first-order valence-electron chi connectivity index (χ1n) is 9.39. The molecule has 150 valence electrons. The molecule has 0 atom stereocenters. The molecule has 0 radical (unpaired) electrons. The van der Waals surface area contributed by atoms with Crippen molar-refractivity contribution < 1.29 is 13.2 Å². The smallest absolute Gasteiger partial charge is 0.255 e. The van der Waals surface area contributed by atoms with E-state index in [9.17, 15) is 13.2 Å². The molecule has 0 bridgehead atoms. The van der Waals surface area contributed by atoms with Crippen LogP contribution in [0.1, 0.15) is 28.4 Å². The van der Waals surface area contributed by atoms with Crippen LogP contribution in [0.15, 0.2) is 78.9 Å². The molecular weight excluding hydrogens is 384 g/mol. The molecule has 29 heavy (non-hydrogen) atoms. The summed E-state index contributed by atoms with van der Waals surface area (Å²) in [6, 6.07) is 23.7. The zero-order valence-electron chi connectivity index (χ0n) is 16.5. The van der Waals surface area contributed by atoms with Gasteiger partial charge < -0.3 is 5.32 Å². The van der Waals surface area contributed by atoms with Gasteiger partial charge in [0.05, 0.1) is 18.5 Å². The van der Waals surface area contributed by atoms with Crippen LogP contribution in [0.2, 0.25) is 0 Å². The number of nitrogens with one attached hydrogen (secondary N) is 1. The average molecular weight is 409 g/mol.